The first-order valence-electron chi connectivity index (χ1n) is 4.42. The lowest BCUT2D eigenvalue weighted by Gasteiger charge is -2.11. The molecule has 0 aromatic rings. The number of terminal acetylenes is 1. The zero-order chi connectivity index (χ0) is 8.10. The predicted octanol–water partition coefficient (Wildman–Crippen LogP) is 3.20. The van der Waals surface area contributed by atoms with E-state index in [2.05, 4.69) is 5.92 Å². The van der Waals surface area contributed by atoms with E-state index in [1.165, 1.54) is 25.7 Å². The van der Waals surface area contributed by atoms with Crippen molar-refractivity contribution in [2.24, 2.45) is 5.92 Å². The summed E-state index contributed by atoms with van der Waals surface area (Å²) in [4.78, 5) is 0. The van der Waals surface area contributed by atoms with Crippen LogP contribution in [-0.2, 0) is 0 Å². The third kappa shape index (κ3) is 2.75. The van der Waals surface area contributed by atoms with Gasteiger partial charge in [0.1, 0.15) is 0 Å². The fraction of sp³-hybridized carbons (Fsp3) is 0.800. The molecule has 0 spiro atoms. The van der Waals surface area contributed by atoms with Crippen LogP contribution in [0.15, 0.2) is 0 Å². The molecule has 0 heterocycles. The third-order valence-corrected chi connectivity index (χ3v) is 3.04. The molecule has 1 fully saturated rings. The van der Waals surface area contributed by atoms with Gasteiger partial charge in [0.2, 0.25) is 0 Å². The molecule has 0 saturated heterocycles. The molecule has 1 saturated carbocycles. The molecule has 1 heteroatoms. The summed E-state index contributed by atoms with van der Waals surface area (Å²) in [7, 11) is 0. The molecule has 62 valence electrons. The minimum Gasteiger partial charge on any atom is -0.123 e. The Morgan fingerprint density at radius 1 is 1.45 bits per heavy atom. The summed E-state index contributed by atoms with van der Waals surface area (Å²) in [5, 5.41) is 0.438. The summed E-state index contributed by atoms with van der Waals surface area (Å²) < 4.78 is 0. The van der Waals surface area contributed by atoms with Gasteiger partial charge >= 0.3 is 0 Å². The Morgan fingerprint density at radius 2 is 2.27 bits per heavy atom. The molecule has 0 bridgehead atoms. The molecule has 1 aliphatic rings. The molecule has 1 rings (SSSR count). The Labute approximate surface area is 74.3 Å². The average molecular weight is 171 g/mol. The van der Waals surface area contributed by atoms with E-state index in [9.17, 15) is 0 Å². The van der Waals surface area contributed by atoms with Crippen molar-refractivity contribution in [2.75, 3.05) is 0 Å². The van der Waals surface area contributed by atoms with E-state index >= 15 is 0 Å². The largest absolute Gasteiger partial charge is 0.123 e. The molecule has 0 nitrogen and oxygen atoms in total. The summed E-state index contributed by atoms with van der Waals surface area (Å²) in [5.74, 6) is 3.42. The maximum atomic E-state index is 6.11. The molecule has 0 aromatic heterocycles. The van der Waals surface area contributed by atoms with Crippen LogP contribution in [0.2, 0.25) is 0 Å². The number of halogens is 1. The van der Waals surface area contributed by atoms with Crippen molar-refractivity contribution in [1.29, 1.82) is 0 Å². The topological polar surface area (TPSA) is 0 Å². The first-order chi connectivity index (χ1) is 5.34. The second-order valence-corrected chi connectivity index (χ2v) is 3.86. The van der Waals surface area contributed by atoms with Gasteiger partial charge < -0.3 is 0 Å². The summed E-state index contributed by atoms with van der Waals surface area (Å²) >= 11 is 6.11. The fourth-order valence-corrected chi connectivity index (χ4v) is 2.19. The molecule has 11 heavy (non-hydrogen) atoms. The van der Waals surface area contributed by atoms with E-state index in [-0.39, 0.29) is 0 Å². The lowest BCUT2D eigenvalue weighted by Crippen LogP contribution is -2.06. The highest BCUT2D eigenvalue weighted by atomic mass is 35.5. The van der Waals surface area contributed by atoms with Crippen molar-refractivity contribution in [3.63, 3.8) is 0 Å². The number of unbranched alkanes of at least 4 members (excludes halogenated alkanes) is 1. The summed E-state index contributed by atoms with van der Waals surface area (Å²) in [6.07, 6.45) is 12.3. The molecule has 2 atom stereocenters. The molecule has 0 N–H and O–H groups in total. The lowest BCUT2D eigenvalue weighted by molar-refractivity contribution is 0.493. The van der Waals surface area contributed by atoms with Crippen molar-refractivity contribution in [2.45, 2.75) is 43.9 Å². The van der Waals surface area contributed by atoms with Crippen LogP contribution in [0.25, 0.3) is 0 Å². The summed E-state index contributed by atoms with van der Waals surface area (Å²) in [6.45, 7) is 0. The van der Waals surface area contributed by atoms with Crippen LogP contribution < -0.4 is 0 Å². The van der Waals surface area contributed by atoms with Gasteiger partial charge in [-0.25, -0.2) is 0 Å². The van der Waals surface area contributed by atoms with Gasteiger partial charge in [0.15, 0.2) is 0 Å². The molecular formula is C10H15Cl. The van der Waals surface area contributed by atoms with Gasteiger partial charge in [0, 0.05) is 11.8 Å². The third-order valence-electron chi connectivity index (χ3n) is 2.46. The summed E-state index contributed by atoms with van der Waals surface area (Å²) in [6, 6.07) is 0. The number of alkyl halides is 1. The minimum absolute atomic E-state index is 0.438. The maximum Gasteiger partial charge on any atom is 0.0364 e. The predicted molar refractivity (Wildman–Crippen MR) is 49.7 cm³/mol. The van der Waals surface area contributed by atoms with Crippen molar-refractivity contribution in [3.05, 3.63) is 0 Å². The quantitative estimate of drug-likeness (QED) is 0.347. The lowest BCUT2D eigenvalue weighted by atomic mass is 10.0. The second-order valence-electron chi connectivity index (χ2n) is 3.30. The van der Waals surface area contributed by atoms with Gasteiger partial charge in [-0.2, -0.15) is 0 Å². The van der Waals surface area contributed by atoms with Crippen LogP contribution in [0.1, 0.15) is 38.5 Å². The normalized spacial score (nSPS) is 30.2. The average Bonchev–Trinajstić information content (AvgIpc) is 2.37. The second kappa shape index (κ2) is 4.67. The number of rotatable bonds is 3. The van der Waals surface area contributed by atoms with E-state index in [1.807, 2.05) is 0 Å². The Bertz CT molecular complexity index is 145. The van der Waals surface area contributed by atoms with Crippen LogP contribution >= 0.6 is 11.6 Å². The molecular weight excluding hydrogens is 156 g/mol. The van der Waals surface area contributed by atoms with Gasteiger partial charge in [-0.3, -0.25) is 0 Å². The minimum atomic E-state index is 0.438. The molecule has 1 aliphatic carbocycles. The van der Waals surface area contributed by atoms with Crippen molar-refractivity contribution in [1.82, 2.24) is 0 Å². The Hall–Kier alpha value is -0.150. The molecule has 2 unspecified atom stereocenters. The van der Waals surface area contributed by atoms with Crippen molar-refractivity contribution < 1.29 is 0 Å². The van der Waals surface area contributed by atoms with E-state index < -0.39 is 0 Å². The molecule has 0 radical (unpaired) electrons. The first-order valence-corrected chi connectivity index (χ1v) is 4.85. The van der Waals surface area contributed by atoms with Gasteiger partial charge in [-0.15, -0.1) is 23.9 Å². The van der Waals surface area contributed by atoms with Crippen LogP contribution in [0.5, 0.6) is 0 Å². The standard InChI is InChI=1S/C10H15Cl/c1-2-3-4-6-9-7-5-8-10(9)11/h1,9-10H,3-8H2. The SMILES string of the molecule is C#CCCCC1CCCC1Cl. The van der Waals surface area contributed by atoms with E-state index in [1.54, 1.807) is 0 Å². The van der Waals surface area contributed by atoms with Gasteiger partial charge in [-0.1, -0.05) is 6.42 Å². The first kappa shape index (κ1) is 8.94. The Morgan fingerprint density at radius 3 is 2.82 bits per heavy atom. The van der Waals surface area contributed by atoms with Crippen LogP contribution in [0.4, 0.5) is 0 Å². The number of hydrogen-bond acceptors (Lipinski definition) is 0. The zero-order valence-corrected chi connectivity index (χ0v) is 7.61. The highest BCUT2D eigenvalue weighted by Gasteiger charge is 2.24. The monoisotopic (exact) mass is 170 g/mol. The van der Waals surface area contributed by atoms with Crippen molar-refractivity contribution >= 4 is 11.6 Å². The number of hydrogen-bond donors (Lipinski definition) is 0. The van der Waals surface area contributed by atoms with Gasteiger partial charge in [0.25, 0.3) is 0 Å². The molecule has 0 amide bonds. The highest BCUT2D eigenvalue weighted by Crippen LogP contribution is 2.33. The van der Waals surface area contributed by atoms with E-state index in [0.717, 1.165) is 18.8 Å². The van der Waals surface area contributed by atoms with Crippen LogP contribution in [0, 0.1) is 18.3 Å². The van der Waals surface area contributed by atoms with Gasteiger partial charge in [0.05, 0.1) is 0 Å². The zero-order valence-electron chi connectivity index (χ0n) is 6.85. The summed E-state index contributed by atoms with van der Waals surface area (Å²) in [5.41, 5.74) is 0. The van der Waals surface area contributed by atoms with Crippen molar-refractivity contribution in [3.8, 4) is 12.3 Å². The van der Waals surface area contributed by atoms with Gasteiger partial charge in [-0.05, 0) is 31.6 Å². The van der Waals surface area contributed by atoms with E-state index in [0.29, 0.717) is 5.38 Å². The van der Waals surface area contributed by atoms with Crippen LogP contribution in [0.3, 0.4) is 0 Å². The van der Waals surface area contributed by atoms with E-state index in [4.69, 9.17) is 18.0 Å². The Balaban J connectivity index is 2.11. The molecule has 0 aliphatic heterocycles. The molecule has 0 aromatic carbocycles. The highest BCUT2D eigenvalue weighted by molar-refractivity contribution is 6.20. The Kier molecular flexibility index (Phi) is 3.80. The van der Waals surface area contributed by atoms with Crippen LogP contribution in [-0.4, -0.2) is 5.38 Å². The fourth-order valence-electron chi connectivity index (χ4n) is 1.78. The maximum absolute atomic E-state index is 6.11. The smallest absolute Gasteiger partial charge is 0.0364 e.